The van der Waals surface area contributed by atoms with E-state index in [-0.39, 0.29) is 0 Å². The van der Waals surface area contributed by atoms with Gasteiger partial charge in [0, 0.05) is 21.9 Å². The monoisotopic (exact) mass is 522 g/mol. The van der Waals surface area contributed by atoms with Gasteiger partial charge in [0.2, 0.25) is 0 Å². The molecule has 0 atom stereocenters. The summed E-state index contributed by atoms with van der Waals surface area (Å²) in [6.45, 7) is 0.489. The first-order chi connectivity index (χ1) is 12.8. The summed E-state index contributed by atoms with van der Waals surface area (Å²) < 4.78 is 2.49. The van der Waals surface area contributed by atoms with Gasteiger partial charge in [0.15, 0.2) is 10.9 Å². The van der Waals surface area contributed by atoms with E-state index in [2.05, 4.69) is 31.7 Å². The van der Waals surface area contributed by atoms with Crippen molar-refractivity contribution in [1.82, 2.24) is 9.78 Å². The summed E-state index contributed by atoms with van der Waals surface area (Å²) in [5.41, 5.74) is 1.62. The van der Waals surface area contributed by atoms with Crippen LogP contribution in [0.5, 0.6) is 0 Å². The van der Waals surface area contributed by atoms with Crippen molar-refractivity contribution < 1.29 is 0 Å². The molecule has 0 radical (unpaired) electrons. The maximum absolute atomic E-state index is 6.22. The van der Waals surface area contributed by atoms with Crippen LogP contribution >= 0.6 is 74.6 Å². The summed E-state index contributed by atoms with van der Waals surface area (Å²) in [7, 11) is 0. The highest BCUT2D eigenvalue weighted by Gasteiger charge is 2.11. The summed E-state index contributed by atoms with van der Waals surface area (Å²) in [6.07, 6.45) is 1.83. The van der Waals surface area contributed by atoms with Gasteiger partial charge < -0.3 is 10.6 Å². The number of aromatic nitrogens is 2. The van der Waals surface area contributed by atoms with Gasteiger partial charge in [0.25, 0.3) is 0 Å². The second-order valence-corrected chi connectivity index (χ2v) is 8.39. The van der Waals surface area contributed by atoms with Crippen LogP contribution in [-0.4, -0.2) is 14.9 Å². The zero-order chi connectivity index (χ0) is 19.6. The number of hydrogen-bond donors (Lipinski definition) is 2. The van der Waals surface area contributed by atoms with Crippen LogP contribution in [0.15, 0.2) is 47.1 Å². The van der Waals surface area contributed by atoms with Crippen LogP contribution in [0.4, 0.5) is 11.5 Å². The van der Waals surface area contributed by atoms with Crippen molar-refractivity contribution >= 4 is 91.2 Å². The normalized spacial score (nSPS) is 10.7. The first-order valence-electron chi connectivity index (χ1n) is 7.52. The molecule has 140 valence electrons. The van der Waals surface area contributed by atoms with Crippen molar-refractivity contribution in [2.75, 3.05) is 10.6 Å². The molecule has 0 amide bonds. The minimum atomic E-state index is 0.365. The van der Waals surface area contributed by atoms with E-state index in [0.29, 0.717) is 43.3 Å². The largest absolute Gasteiger partial charge is 0.332 e. The molecule has 3 rings (SSSR count). The minimum absolute atomic E-state index is 0.365. The molecule has 2 aromatic carbocycles. The quantitative estimate of drug-likeness (QED) is 0.357. The summed E-state index contributed by atoms with van der Waals surface area (Å²) in [5.74, 6) is 0.567. The summed E-state index contributed by atoms with van der Waals surface area (Å²) in [5, 5.41) is 13.0. The molecular formula is C17H11BrCl4N4S. The highest BCUT2D eigenvalue weighted by atomic mass is 79.9. The van der Waals surface area contributed by atoms with E-state index < -0.39 is 0 Å². The Hall–Kier alpha value is -1.02. The van der Waals surface area contributed by atoms with Crippen LogP contribution in [0.3, 0.4) is 0 Å². The Balaban J connectivity index is 1.68. The van der Waals surface area contributed by atoms with Gasteiger partial charge >= 0.3 is 0 Å². The van der Waals surface area contributed by atoms with Gasteiger partial charge in [-0.2, -0.15) is 5.10 Å². The standard InChI is InChI=1S/C17H11BrCl4N4S/c18-12-8-26(7-9-1-2-10(19)5-14(9)21)25-16(12)24-17(27)23-11-3-4-13(20)15(22)6-11/h1-6,8H,7H2,(H2,23,24,25,27). The molecule has 1 aromatic heterocycles. The molecule has 0 aliphatic carbocycles. The Labute approximate surface area is 189 Å². The molecule has 0 saturated heterocycles. The lowest BCUT2D eigenvalue weighted by Crippen LogP contribution is -2.19. The number of nitrogens with one attached hydrogen (secondary N) is 2. The van der Waals surface area contributed by atoms with E-state index >= 15 is 0 Å². The van der Waals surface area contributed by atoms with Crippen LogP contribution in [-0.2, 0) is 6.54 Å². The van der Waals surface area contributed by atoms with Gasteiger partial charge in [-0.25, -0.2) is 0 Å². The number of benzene rings is 2. The second kappa shape index (κ2) is 8.99. The molecule has 0 aliphatic rings. The van der Waals surface area contributed by atoms with Crippen LogP contribution in [0, 0.1) is 0 Å². The van der Waals surface area contributed by atoms with Crippen molar-refractivity contribution in [3.63, 3.8) is 0 Å². The molecule has 3 aromatic rings. The van der Waals surface area contributed by atoms with Gasteiger partial charge in [0.1, 0.15) is 0 Å². The average molecular weight is 525 g/mol. The lowest BCUT2D eigenvalue weighted by molar-refractivity contribution is 0.690. The summed E-state index contributed by atoms with van der Waals surface area (Å²) in [6, 6.07) is 10.5. The topological polar surface area (TPSA) is 41.9 Å². The first kappa shape index (κ1) is 20.7. The maximum atomic E-state index is 6.22. The Bertz CT molecular complexity index is 1010. The molecule has 0 fully saturated rings. The van der Waals surface area contributed by atoms with Crippen molar-refractivity contribution in [1.29, 1.82) is 0 Å². The van der Waals surface area contributed by atoms with E-state index in [9.17, 15) is 0 Å². The van der Waals surface area contributed by atoms with Crippen LogP contribution in [0.25, 0.3) is 0 Å². The molecule has 4 nitrogen and oxygen atoms in total. The van der Waals surface area contributed by atoms with Crippen molar-refractivity contribution in [3.05, 3.63) is 72.7 Å². The maximum Gasteiger partial charge on any atom is 0.176 e. The molecule has 1 heterocycles. The number of hydrogen-bond acceptors (Lipinski definition) is 2. The zero-order valence-electron chi connectivity index (χ0n) is 13.4. The van der Waals surface area contributed by atoms with Crippen molar-refractivity contribution in [2.45, 2.75) is 6.54 Å². The molecule has 2 N–H and O–H groups in total. The highest BCUT2D eigenvalue weighted by Crippen LogP contribution is 2.26. The minimum Gasteiger partial charge on any atom is -0.332 e. The molecule has 10 heteroatoms. The third-order valence-electron chi connectivity index (χ3n) is 3.47. The van der Waals surface area contributed by atoms with E-state index in [1.807, 2.05) is 12.3 Å². The van der Waals surface area contributed by atoms with E-state index in [4.69, 9.17) is 58.6 Å². The number of rotatable bonds is 4. The first-order valence-corrected chi connectivity index (χ1v) is 10.2. The second-order valence-electron chi connectivity index (χ2n) is 5.47. The third kappa shape index (κ3) is 5.50. The van der Waals surface area contributed by atoms with Gasteiger partial charge in [-0.15, -0.1) is 0 Å². The fourth-order valence-electron chi connectivity index (χ4n) is 2.23. The average Bonchev–Trinajstić information content (AvgIpc) is 2.93. The van der Waals surface area contributed by atoms with Gasteiger partial charge in [-0.05, 0) is 64.0 Å². The van der Waals surface area contributed by atoms with Crippen LogP contribution < -0.4 is 10.6 Å². The van der Waals surface area contributed by atoms with Gasteiger partial charge in [0.05, 0.1) is 21.1 Å². The predicted molar refractivity (Wildman–Crippen MR) is 122 cm³/mol. The summed E-state index contributed by atoms with van der Waals surface area (Å²) >= 11 is 32.9. The van der Waals surface area contributed by atoms with E-state index in [0.717, 1.165) is 10.0 Å². The van der Waals surface area contributed by atoms with Crippen molar-refractivity contribution in [2.24, 2.45) is 0 Å². The Kier molecular flexibility index (Phi) is 6.89. The molecule has 0 aliphatic heterocycles. The smallest absolute Gasteiger partial charge is 0.176 e. The number of nitrogens with zero attached hydrogens (tertiary/aromatic N) is 2. The van der Waals surface area contributed by atoms with Gasteiger partial charge in [-0.3, -0.25) is 4.68 Å². The number of thiocarbonyl (C=S) groups is 1. The molecular weight excluding hydrogens is 514 g/mol. The highest BCUT2D eigenvalue weighted by molar-refractivity contribution is 9.10. The molecule has 0 saturated carbocycles. The van der Waals surface area contributed by atoms with Crippen LogP contribution in [0.1, 0.15) is 5.56 Å². The molecule has 0 spiro atoms. The predicted octanol–water partition coefficient (Wildman–Crippen LogP) is 7.12. The fourth-order valence-corrected chi connectivity index (χ4v) is 3.63. The van der Waals surface area contributed by atoms with E-state index in [1.165, 1.54) is 0 Å². The Morgan fingerprint density at radius 2 is 1.78 bits per heavy atom. The van der Waals surface area contributed by atoms with Crippen LogP contribution in [0.2, 0.25) is 20.1 Å². The fraction of sp³-hybridized carbons (Fsp3) is 0.0588. The Morgan fingerprint density at radius 3 is 2.48 bits per heavy atom. The molecule has 0 unspecified atom stereocenters. The summed E-state index contributed by atoms with van der Waals surface area (Å²) in [4.78, 5) is 0. The third-order valence-corrected chi connectivity index (χ3v) is 5.58. The lowest BCUT2D eigenvalue weighted by Gasteiger charge is -2.10. The van der Waals surface area contributed by atoms with E-state index in [1.54, 1.807) is 35.0 Å². The number of halogens is 5. The Morgan fingerprint density at radius 1 is 1.00 bits per heavy atom. The van der Waals surface area contributed by atoms with Gasteiger partial charge in [-0.1, -0.05) is 52.5 Å². The zero-order valence-corrected chi connectivity index (χ0v) is 18.9. The molecule has 0 bridgehead atoms. The SMILES string of the molecule is S=C(Nc1ccc(Cl)c(Cl)c1)Nc1nn(Cc2ccc(Cl)cc2Cl)cc1Br. The molecule has 27 heavy (non-hydrogen) atoms. The number of anilines is 2. The lowest BCUT2D eigenvalue weighted by atomic mass is 10.2. The van der Waals surface area contributed by atoms with Crippen molar-refractivity contribution in [3.8, 4) is 0 Å².